The monoisotopic (exact) mass is 572 g/mol. The molecule has 0 aromatic heterocycles. The summed E-state index contributed by atoms with van der Waals surface area (Å²) in [5.74, 6) is -1.69. The molecule has 12 heteroatoms. The SMILES string of the molecule is COc1ccc2c3c1O[C@@H]1C(OC(=O)[C@H](C)OC(=O)CCNC(=O)CC[C@H](N)C(=O)O)=CC[C@]4(O)[C@@H](CCC[C@@]314)C2. The third-order valence-electron chi connectivity index (χ3n) is 8.98. The van der Waals surface area contributed by atoms with Gasteiger partial charge >= 0.3 is 17.9 Å². The minimum absolute atomic E-state index is 0.0342. The van der Waals surface area contributed by atoms with Crippen molar-refractivity contribution in [3.05, 3.63) is 35.1 Å². The fourth-order valence-corrected chi connectivity index (χ4v) is 6.99. The molecule has 4 aliphatic rings. The fourth-order valence-electron chi connectivity index (χ4n) is 6.99. The van der Waals surface area contributed by atoms with E-state index in [1.165, 1.54) is 6.92 Å². The maximum Gasteiger partial charge on any atom is 0.352 e. The maximum absolute atomic E-state index is 13.0. The molecule has 2 bridgehead atoms. The van der Waals surface area contributed by atoms with Crippen molar-refractivity contribution < 1.29 is 48.3 Å². The summed E-state index contributed by atoms with van der Waals surface area (Å²) in [7, 11) is 1.56. The number of ether oxygens (including phenoxy) is 4. The Morgan fingerprint density at radius 3 is 2.76 bits per heavy atom. The van der Waals surface area contributed by atoms with E-state index < -0.39 is 53.1 Å². The first-order chi connectivity index (χ1) is 19.5. The summed E-state index contributed by atoms with van der Waals surface area (Å²) in [5, 5.41) is 23.4. The second-order valence-corrected chi connectivity index (χ2v) is 11.3. The highest BCUT2D eigenvalue weighted by Crippen LogP contribution is 2.67. The van der Waals surface area contributed by atoms with E-state index in [9.17, 15) is 24.3 Å². The Kier molecular flexibility index (Phi) is 7.73. The Morgan fingerprint density at radius 2 is 2.02 bits per heavy atom. The van der Waals surface area contributed by atoms with Crippen LogP contribution in [0, 0.1) is 5.92 Å². The molecule has 12 nitrogen and oxygen atoms in total. The van der Waals surface area contributed by atoms with Gasteiger partial charge in [-0.05, 0) is 62.7 Å². The second-order valence-electron chi connectivity index (χ2n) is 11.3. The van der Waals surface area contributed by atoms with Gasteiger partial charge in [0.1, 0.15) is 11.8 Å². The van der Waals surface area contributed by atoms with Gasteiger partial charge in [0.05, 0.1) is 24.5 Å². The smallest absolute Gasteiger partial charge is 0.352 e. The molecule has 222 valence electrons. The van der Waals surface area contributed by atoms with Gasteiger partial charge in [-0.25, -0.2) is 4.79 Å². The minimum atomic E-state index is -1.23. The lowest BCUT2D eigenvalue weighted by Gasteiger charge is -2.59. The molecule has 3 aliphatic carbocycles. The van der Waals surface area contributed by atoms with E-state index >= 15 is 0 Å². The normalized spacial score (nSPS) is 28.2. The van der Waals surface area contributed by atoms with Gasteiger partial charge in [-0.2, -0.15) is 0 Å². The van der Waals surface area contributed by atoms with E-state index in [-0.39, 0.29) is 37.5 Å². The largest absolute Gasteiger partial charge is 0.493 e. The number of carbonyl (C=O) groups excluding carboxylic acids is 3. The first-order valence-corrected chi connectivity index (χ1v) is 14.0. The van der Waals surface area contributed by atoms with E-state index in [2.05, 4.69) is 5.32 Å². The highest BCUT2D eigenvalue weighted by Gasteiger charge is 2.71. The van der Waals surface area contributed by atoms with Crippen LogP contribution in [0.3, 0.4) is 0 Å². The summed E-state index contributed by atoms with van der Waals surface area (Å²) < 4.78 is 23.0. The van der Waals surface area contributed by atoms with Crippen molar-refractivity contribution in [2.24, 2.45) is 11.7 Å². The molecular formula is C29H36N2O10. The van der Waals surface area contributed by atoms with Crippen LogP contribution in [-0.2, 0) is 40.5 Å². The molecule has 1 heterocycles. The van der Waals surface area contributed by atoms with Crippen molar-refractivity contribution in [1.29, 1.82) is 0 Å². The number of nitrogens with two attached hydrogens (primary N) is 1. The number of hydrogen-bond acceptors (Lipinski definition) is 10. The van der Waals surface area contributed by atoms with E-state index in [1.807, 2.05) is 12.1 Å². The maximum atomic E-state index is 13.0. The van der Waals surface area contributed by atoms with E-state index in [4.69, 9.17) is 29.8 Å². The molecule has 5 rings (SSSR count). The summed E-state index contributed by atoms with van der Waals surface area (Å²) >= 11 is 0. The topological polar surface area (TPSA) is 184 Å². The fraction of sp³-hybridized carbons (Fsp3) is 0.586. The lowest BCUT2D eigenvalue weighted by Crippen LogP contribution is -2.67. The molecule has 5 N–H and O–H groups in total. The Labute approximate surface area is 237 Å². The van der Waals surface area contributed by atoms with Crippen LogP contribution in [-0.4, -0.2) is 71.5 Å². The third kappa shape index (κ3) is 4.82. The first kappa shape index (κ1) is 28.9. The van der Waals surface area contributed by atoms with Gasteiger partial charge < -0.3 is 40.2 Å². The van der Waals surface area contributed by atoms with Crippen molar-refractivity contribution >= 4 is 23.8 Å². The summed E-state index contributed by atoms with van der Waals surface area (Å²) in [6.07, 6.45) is 2.95. The summed E-state index contributed by atoms with van der Waals surface area (Å²) in [4.78, 5) is 47.9. The van der Waals surface area contributed by atoms with Crippen LogP contribution in [0.25, 0.3) is 0 Å². The van der Waals surface area contributed by atoms with Crippen molar-refractivity contribution in [1.82, 2.24) is 5.32 Å². The lowest BCUT2D eigenvalue weighted by atomic mass is 9.47. The molecule has 1 aromatic carbocycles. The number of benzene rings is 1. The molecule has 0 unspecified atom stereocenters. The summed E-state index contributed by atoms with van der Waals surface area (Å²) in [6.45, 7) is 1.35. The number of aliphatic hydroxyl groups is 1. The predicted molar refractivity (Wildman–Crippen MR) is 142 cm³/mol. The van der Waals surface area contributed by atoms with Crippen molar-refractivity contribution in [2.75, 3.05) is 13.7 Å². The Hall–Kier alpha value is -3.64. The molecule has 1 aliphatic heterocycles. The highest BCUT2D eigenvalue weighted by atomic mass is 16.6. The van der Waals surface area contributed by atoms with Crippen LogP contribution < -0.4 is 20.5 Å². The van der Waals surface area contributed by atoms with Crippen molar-refractivity contribution in [3.63, 3.8) is 0 Å². The van der Waals surface area contributed by atoms with E-state index in [0.717, 1.165) is 30.4 Å². The number of nitrogens with one attached hydrogen (secondary N) is 1. The van der Waals surface area contributed by atoms with Crippen LogP contribution in [0.1, 0.15) is 63.0 Å². The van der Waals surface area contributed by atoms with Crippen molar-refractivity contribution in [2.45, 2.75) is 87.6 Å². The van der Waals surface area contributed by atoms with Crippen LogP contribution in [0.2, 0.25) is 0 Å². The molecule has 0 radical (unpaired) electrons. The lowest BCUT2D eigenvalue weighted by molar-refractivity contribution is -0.171. The molecule has 0 saturated heterocycles. The van der Waals surface area contributed by atoms with Gasteiger partial charge in [-0.3, -0.25) is 14.4 Å². The summed E-state index contributed by atoms with van der Waals surface area (Å²) in [6, 6.07) is 2.75. The van der Waals surface area contributed by atoms with Gasteiger partial charge in [0.2, 0.25) is 5.91 Å². The molecular weight excluding hydrogens is 536 g/mol. The average molecular weight is 573 g/mol. The minimum Gasteiger partial charge on any atom is -0.493 e. The van der Waals surface area contributed by atoms with Crippen LogP contribution in [0.4, 0.5) is 0 Å². The average Bonchev–Trinajstić information content (AvgIpc) is 3.28. The Morgan fingerprint density at radius 1 is 1.24 bits per heavy atom. The zero-order chi connectivity index (χ0) is 29.5. The van der Waals surface area contributed by atoms with Gasteiger partial charge in [0.15, 0.2) is 23.7 Å². The highest BCUT2D eigenvalue weighted by molar-refractivity contribution is 5.81. The predicted octanol–water partition coefficient (Wildman–Crippen LogP) is 1.24. The zero-order valence-electron chi connectivity index (χ0n) is 23.1. The molecule has 1 aromatic rings. The molecule has 41 heavy (non-hydrogen) atoms. The number of amides is 1. The number of hydrogen-bond donors (Lipinski definition) is 4. The number of carboxylic acid groups (broad SMARTS) is 1. The molecule has 1 fully saturated rings. The molecule has 1 spiro atoms. The Balaban J connectivity index is 1.21. The quantitative estimate of drug-likeness (QED) is 0.280. The number of carbonyl (C=O) groups is 4. The Bertz CT molecular complexity index is 1290. The number of esters is 2. The van der Waals surface area contributed by atoms with E-state index in [1.54, 1.807) is 13.2 Å². The zero-order valence-corrected chi connectivity index (χ0v) is 23.1. The summed E-state index contributed by atoms with van der Waals surface area (Å²) in [5.41, 5.74) is 5.61. The number of aliphatic carboxylic acids is 1. The number of carboxylic acids is 1. The van der Waals surface area contributed by atoms with Crippen molar-refractivity contribution in [3.8, 4) is 11.5 Å². The van der Waals surface area contributed by atoms with Gasteiger partial charge in [-0.15, -0.1) is 0 Å². The van der Waals surface area contributed by atoms with Gasteiger partial charge in [-0.1, -0.05) is 12.5 Å². The standard InChI is InChI=1S/C29H36N2O10/c1-15(39-22(33)10-13-31-21(32)8-6-18(30)26(34)35)27(36)40-20-9-12-29(37)17-4-3-11-28(29)23-16(14-17)5-7-19(38-2)24(23)41-25(20)28/h5,7,9,15,17-18,25,37H,3-4,6,8,10-14,30H2,1-2H3,(H,31,32)(H,34,35)/t15-,17-,18-,25+,28+,29-/m0/s1. The molecule has 1 amide bonds. The second kappa shape index (κ2) is 11.0. The van der Waals surface area contributed by atoms with Crippen LogP contribution in [0.15, 0.2) is 24.0 Å². The number of methoxy groups -OCH3 is 1. The molecule has 6 atom stereocenters. The number of rotatable bonds is 11. The first-order valence-electron chi connectivity index (χ1n) is 14.0. The van der Waals surface area contributed by atoms with E-state index in [0.29, 0.717) is 24.3 Å². The third-order valence-corrected chi connectivity index (χ3v) is 8.98. The van der Waals surface area contributed by atoms with Gasteiger partial charge in [0.25, 0.3) is 0 Å². The molecule has 1 saturated carbocycles. The van der Waals surface area contributed by atoms with Crippen LogP contribution >= 0.6 is 0 Å². The van der Waals surface area contributed by atoms with Crippen LogP contribution in [0.5, 0.6) is 11.5 Å². The van der Waals surface area contributed by atoms with Gasteiger partial charge in [0, 0.05) is 18.5 Å².